The van der Waals surface area contributed by atoms with E-state index in [1.807, 2.05) is 41.5 Å². The summed E-state index contributed by atoms with van der Waals surface area (Å²) in [5.74, 6) is 0. The van der Waals surface area contributed by atoms with Gasteiger partial charge in [0.15, 0.2) is 0 Å². The Labute approximate surface area is 154 Å². The molecule has 3 atom stereocenters. The van der Waals surface area contributed by atoms with Crippen LogP contribution in [0.3, 0.4) is 0 Å². The molecule has 25 heavy (non-hydrogen) atoms. The molecule has 1 aliphatic carbocycles. The van der Waals surface area contributed by atoms with E-state index in [1.165, 1.54) is 0 Å². The van der Waals surface area contributed by atoms with Crippen molar-refractivity contribution in [1.82, 2.24) is 9.62 Å². The van der Waals surface area contributed by atoms with Crippen molar-refractivity contribution in [2.24, 2.45) is 5.41 Å². The Morgan fingerprint density at radius 3 is 2.28 bits per heavy atom. The molecule has 2 aliphatic rings. The molecule has 0 aromatic heterocycles. The highest BCUT2D eigenvalue weighted by Crippen LogP contribution is 2.48. The number of amides is 1. The predicted molar refractivity (Wildman–Crippen MR) is 98.4 cm³/mol. The zero-order valence-electron chi connectivity index (χ0n) is 16.4. The van der Waals surface area contributed by atoms with Crippen LogP contribution in [0.5, 0.6) is 0 Å². The smallest absolute Gasteiger partial charge is 0.410 e. The Morgan fingerprint density at radius 1 is 1.24 bits per heavy atom. The molecule has 1 heterocycles. The van der Waals surface area contributed by atoms with Crippen LogP contribution in [-0.4, -0.2) is 51.2 Å². The van der Waals surface area contributed by atoms with Crippen LogP contribution in [0.25, 0.3) is 0 Å². The summed E-state index contributed by atoms with van der Waals surface area (Å²) in [7, 11) is 0. The van der Waals surface area contributed by atoms with Gasteiger partial charge in [-0.1, -0.05) is 0 Å². The Kier molecular flexibility index (Phi) is 6.01. The number of halogens is 1. The Bertz CT molecular complexity index is 482. The molecule has 0 aromatic carbocycles. The van der Waals surface area contributed by atoms with Gasteiger partial charge in [0, 0.05) is 24.5 Å². The number of carbonyl (C=O) groups is 1. The minimum absolute atomic E-state index is 0.108. The number of carbonyl (C=O) groups excluding carboxylic acids is 1. The van der Waals surface area contributed by atoms with Crippen LogP contribution in [0.15, 0.2) is 0 Å². The molecule has 0 bridgehead atoms. The zero-order chi connectivity index (χ0) is 19.0. The second-order valence-electron chi connectivity index (χ2n) is 9.42. The number of ether oxygens (including phenoxy) is 1. The summed E-state index contributed by atoms with van der Waals surface area (Å²) < 4.78 is 34.9. The van der Waals surface area contributed by atoms with Gasteiger partial charge in [0.1, 0.15) is 16.5 Å². The van der Waals surface area contributed by atoms with Crippen LogP contribution in [0.2, 0.25) is 0 Å². The van der Waals surface area contributed by atoms with E-state index in [0.29, 0.717) is 38.8 Å². The maximum atomic E-state index is 14.2. The van der Waals surface area contributed by atoms with Gasteiger partial charge in [-0.05, 0) is 72.6 Å². The SMILES string of the molecule is CC(C)(C)OC(=O)N1CCC2(CC1)C[C@@H](F)CC2N[S+]([O-])C(C)(C)C. The quantitative estimate of drug-likeness (QED) is 0.749. The van der Waals surface area contributed by atoms with Crippen molar-refractivity contribution in [3.05, 3.63) is 0 Å². The first-order valence-corrected chi connectivity index (χ1v) is 10.3. The predicted octanol–water partition coefficient (Wildman–Crippen LogP) is 3.56. The molecule has 0 aromatic rings. The lowest BCUT2D eigenvalue weighted by molar-refractivity contribution is 0.00761. The van der Waals surface area contributed by atoms with Crippen LogP contribution in [0.1, 0.15) is 67.2 Å². The summed E-state index contributed by atoms with van der Waals surface area (Å²) >= 11 is -1.22. The van der Waals surface area contributed by atoms with Gasteiger partial charge in [0.2, 0.25) is 0 Å². The molecule has 1 saturated heterocycles. The molecule has 2 rings (SSSR count). The van der Waals surface area contributed by atoms with Gasteiger partial charge in [0.25, 0.3) is 0 Å². The number of alkyl halides is 1. The van der Waals surface area contributed by atoms with E-state index < -0.39 is 23.1 Å². The summed E-state index contributed by atoms with van der Waals surface area (Å²) in [6, 6.07) is -0.108. The van der Waals surface area contributed by atoms with E-state index in [2.05, 4.69) is 4.72 Å². The fraction of sp³-hybridized carbons (Fsp3) is 0.944. The third-order valence-electron chi connectivity index (χ3n) is 5.08. The van der Waals surface area contributed by atoms with Crippen molar-refractivity contribution >= 4 is 17.5 Å². The third kappa shape index (κ3) is 5.23. The number of nitrogens with one attached hydrogen (secondary N) is 1. The average Bonchev–Trinajstić information content (AvgIpc) is 2.72. The molecule has 5 nitrogen and oxygen atoms in total. The Hall–Kier alpha value is -0.530. The largest absolute Gasteiger partial charge is 0.598 e. The van der Waals surface area contributed by atoms with Crippen molar-refractivity contribution in [2.75, 3.05) is 13.1 Å². The molecule has 2 unspecified atom stereocenters. The molecule has 1 saturated carbocycles. The van der Waals surface area contributed by atoms with Gasteiger partial charge >= 0.3 is 6.09 Å². The van der Waals surface area contributed by atoms with Crippen LogP contribution in [0, 0.1) is 5.41 Å². The van der Waals surface area contributed by atoms with Gasteiger partial charge in [-0.15, -0.1) is 4.72 Å². The normalized spacial score (nSPS) is 28.2. The lowest BCUT2D eigenvalue weighted by atomic mass is 9.74. The fourth-order valence-electron chi connectivity index (χ4n) is 3.67. The zero-order valence-corrected chi connectivity index (χ0v) is 17.2. The summed E-state index contributed by atoms with van der Waals surface area (Å²) in [6.07, 6.45) is 1.13. The minimum Gasteiger partial charge on any atom is -0.598 e. The first-order chi connectivity index (χ1) is 11.3. The molecule has 7 heteroatoms. The number of nitrogens with zero attached hydrogens (tertiary/aromatic N) is 1. The molecule has 1 N–H and O–H groups in total. The molecule has 1 aliphatic heterocycles. The Morgan fingerprint density at radius 2 is 1.80 bits per heavy atom. The van der Waals surface area contributed by atoms with Gasteiger partial charge in [-0.25, -0.2) is 9.18 Å². The van der Waals surface area contributed by atoms with E-state index in [9.17, 15) is 13.7 Å². The first kappa shape index (κ1) is 20.8. The molecule has 146 valence electrons. The van der Waals surface area contributed by atoms with Crippen molar-refractivity contribution < 1.29 is 18.5 Å². The minimum atomic E-state index is -1.22. The van der Waals surface area contributed by atoms with Crippen LogP contribution >= 0.6 is 0 Å². The van der Waals surface area contributed by atoms with Gasteiger partial charge in [-0.2, -0.15) is 0 Å². The van der Waals surface area contributed by atoms with Crippen LogP contribution in [0.4, 0.5) is 9.18 Å². The first-order valence-electron chi connectivity index (χ1n) is 9.12. The maximum absolute atomic E-state index is 14.2. The summed E-state index contributed by atoms with van der Waals surface area (Å²) in [6.45, 7) is 12.4. The standard InChI is InChI=1S/C18H33FN2O3S/c1-16(2,3)24-15(22)21-9-7-18(8-10-21)12-13(19)11-14(18)20-25(23)17(4,5)6/h13-14,20H,7-12H2,1-6H3/t13-,14?,25?/m0/s1. The number of likely N-dealkylation sites (tertiary alicyclic amines) is 1. The lowest BCUT2D eigenvalue weighted by Crippen LogP contribution is -2.54. The van der Waals surface area contributed by atoms with Crippen LogP contribution < -0.4 is 4.72 Å². The monoisotopic (exact) mass is 376 g/mol. The lowest BCUT2D eigenvalue weighted by Gasteiger charge is -2.43. The van der Waals surface area contributed by atoms with Gasteiger partial charge in [-0.3, -0.25) is 0 Å². The number of rotatable bonds is 2. The molecule has 1 spiro atoms. The second kappa shape index (κ2) is 7.24. The Balaban J connectivity index is 2.00. The van der Waals surface area contributed by atoms with Gasteiger partial charge in [0.05, 0.1) is 6.04 Å². The summed E-state index contributed by atoms with van der Waals surface area (Å²) in [4.78, 5) is 13.9. The fourth-order valence-corrected chi connectivity index (χ4v) is 4.62. The van der Waals surface area contributed by atoms with E-state index in [1.54, 1.807) is 4.90 Å². The molecular formula is C18H33FN2O3S. The number of hydrogen-bond acceptors (Lipinski definition) is 4. The molecular weight excluding hydrogens is 343 g/mol. The molecule has 1 amide bonds. The maximum Gasteiger partial charge on any atom is 0.410 e. The molecule has 2 fully saturated rings. The highest BCUT2D eigenvalue weighted by atomic mass is 32.2. The molecule has 0 radical (unpaired) electrons. The summed E-state index contributed by atoms with van der Waals surface area (Å²) in [5, 5.41) is 0. The second-order valence-corrected chi connectivity index (χ2v) is 11.4. The van der Waals surface area contributed by atoms with Crippen LogP contribution in [-0.2, 0) is 16.1 Å². The van der Waals surface area contributed by atoms with Crippen molar-refractivity contribution in [1.29, 1.82) is 0 Å². The summed E-state index contributed by atoms with van der Waals surface area (Å²) in [5.41, 5.74) is -0.740. The average molecular weight is 377 g/mol. The van der Waals surface area contributed by atoms with E-state index in [0.717, 1.165) is 0 Å². The highest BCUT2D eigenvalue weighted by molar-refractivity contribution is 7.90. The van der Waals surface area contributed by atoms with Crippen molar-refractivity contribution in [2.45, 2.75) is 89.8 Å². The number of piperidine rings is 1. The van der Waals surface area contributed by atoms with Gasteiger partial charge < -0.3 is 14.2 Å². The van der Waals surface area contributed by atoms with E-state index >= 15 is 0 Å². The van der Waals surface area contributed by atoms with Crippen molar-refractivity contribution in [3.8, 4) is 0 Å². The highest BCUT2D eigenvalue weighted by Gasteiger charge is 2.52. The number of hydrogen-bond donors (Lipinski definition) is 1. The van der Waals surface area contributed by atoms with E-state index in [-0.39, 0.29) is 22.3 Å². The third-order valence-corrected chi connectivity index (χ3v) is 6.69. The van der Waals surface area contributed by atoms with E-state index in [4.69, 9.17) is 4.74 Å². The van der Waals surface area contributed by atoms with Crippen molar-refractivity contribution in [3.63, 3.8) is 0 Å². The topological polar surface area (TPSA) is 64.6 Å².